The maximum atomic E-state index is 5.74. The first-order valence-corrected chi connectivity index (χ1v) is 6.20. The van der Waals surface area contributed by atoms with Crippen molar-refractivity contribution in [2.24, 2.45) is 5.92 Å². The highest BCUT2D eigenvalue weighted by atomic mass is 16.5. The fourth-order valence-electron chi connectivity index (χ4n) is 1.59. The minimum atomic E-state index is 0.376. The van der Waals surface area contributed by atoms with Crippen molar-refractivity contribution in [3.05, 3.63) is 24.3 Å². The van der Waals surface area contributed by atoms with Crippen LogP contribution in [0.2, 0.25) is 0 Å². The Balaban J connectivity index is 2.46. The average molecular weight is 237 g/mol. The van der Waals surface area contributed by atoms with Crippen molar-refractivity contribution in [1.82, 2.24) is 5.32 Å². The molecule has 17 heavy (non-hydrogen) atoms. The lowest BCUT2D eigenvalue weighted by molar-refractivity contribution is 0.237. The van der Waals surface area contributed by atoms with Gasteiger partial charge in [0.2, 0.25) is 0 Å². The predicted octanol–water partition coefficient (Wildman–Crippen LogP) is 2.71. The Bertz CT molecular complexity index is 309. The van der Waals surface area contributed by atoms with E-state index in [1.807, 2.05) is 38.2 Å². The van der Waals surface area contributed by atoms with Crippen molar-refractivity contribution in [2.75, 3.05) is 20.3 Å². The maximum Gasteiger partial charge on any atom is 0.119 e. The van der Waals surface area contributed by atoms with Crippen LogP contribution in [0.4, 0.5) is 0 Å². The second-order valence-electron chi connectivity index (χ2n) is 4.35. The minimum absolute atomic E-state index is 0.376. The van der Waals surface area contributed by atoms with Crippen LogP contribution in [-0.4, -0.2) is 26.3 Å². The van der Waals surface area contributed by atoms with Crippen molar-refractivity contribution in [1.29, 1.82) is 0 Å². The quantitative estimate of drug-likeness (QED) is 0.791. The number of hydrogen-bond acceptors (Lipinski definition) is 3. The summed E-state index contributed by atoms with van der Waals surface area (Å²) in [7, 11) is 1.96. The molecule has 0 amide bonds. The Morgan fingerprint density at radius 3 is 2.00 bits per heavy atom. The lowest BCUT2D eigenvalue weighted by Crippen LogP contribution is -2.36. The highest BCUT2D eigenvalue weighted by Gasteiger charge is 2.11. The van der Waals surface area contributed by atoms with Gasteiger partial charge in [0, 0.05) is 6.04 Å². The van der Waals surface area contributed by atoms with Crippen LogP contribution in [0.25, 0.3) is 0 Å². The van der Waals surface area contributed by atoms with E-state index in [1.54, 1.807) is 0 Å². The molecule has 96 valence electrons. The van der Waals surface area contributed by atoms with Crippen molar-refractivity contribution in [3.63, 3.8) is 0 Å². The summed E-state index contributed by atoms with van der Waals surface area (Å²) < 4.78 is 11.1. The predicted molar refractivity (Wildman–Crippen MR) is 70.8 cm³/mol. The largest absolute Gasteiger partial charge is 0.494 e. The molecule has 1 N–H and O–H groups in total. The highest BCUT2D eigenvalue weighted by Crippen LogP contribution is 2.18. The fourth-order valence-corrected chi connectivity index (χ4v) is 1.59. The highest BCUT2D eigenvalue weighted by molar-refractivity contribution is 5.31. The van der Waals surface area contributed by atoms with Gasteiger partial charge in [0.1, 0.15) is 18.1 Å². The molecule has 1 unspecified atom stereocenters. The van der Waals surface area contributed by atoms with Crippen molar-refractivity contribution >= 4 is 0 Å². The monoisotopic (exact) mass is 237 g/mol. The zero-order chi connectivity index (χ0) is 12.7. The number of likely N-dealkylation sites (N-methyl/N-ethyl adjacent to an activating group) is 1. The van der Waals surface area contributed by atoms with Gasteiger partial charge in [-0.3, -0.25) is 0 Å². The third-order valence-electron chi connectivity index (χ3n) is 2.74. The molecule has 3 nitrogen and oxygen atoms in total. The van der Waals surface area contributed by atoms with Crippen LogP contribution in [0, 0.1) is 5.92 Å². The number of nitrogens with one attached hydrogen (secondary N) is 1. The number of ether oxygens (including phenoxy) is 2. The molecule has 3 heteroatoms. The molecular formula is C14H23NO2. The zero-order valence-corrected chi connectivity index (χ0v) is 11.2. The van der Waals surface area contributed by atoms with Crippen LogP contribution in [0.1, 0.15) is 20.8 Å². The smallest absolute Gasteiger partial charge is 0.119 e. The van der Waals surface area contributed by atoms with Gasteiger partial charge in [-0.25, -0.2) is 0 Å². The Hall–Kier alpha value is -1.22. The Morgan fingerprint density at radius 1 is 1.06 bits per heavy atom. The summed E-state index contributed by atoms with van der Waals surface area (Å²) in [6, 6.07) is 8.13. The van der Waals surface area contributed by atoms with Crippen LogP contribution in [0.15, 0.2) is 24.3 Å². The Labute approximate surface area is 104 Å². The van der Waals surface area contributed by atoms with Gasteiger partial charge >= 0.3 is 0 Å². The van der Waals surface area contributed by atoms with Crippen LogP contribution in [0.3, 0.4) is 0 Å². The third kappa shape index (κ3) is 4.65. The van der Waals surface area contributed by atoms with E-state index < -0.39 is 0 Å². The van der Waals surface area contributed by atoms with Gasteiger partial charge in [0.15, 0.2) is 0 Å². The second-order valence-corrected chi connectivity index (χ2v) is 4.35. The van der Waals surface area contributed by atoms with Gasteiger partial charge in [-0.15, -0.1) is 0 Å². The Morgan fingerprint density at radius 2 is 1.59 bits per heavy atom. The van der Waals surface area contributed by atoms with Gasteiger partial charge in [0.25, 0.3) is 0 Å². The summed E-state index contributed by atoms with van der Waals surface area (Å²) in [5.41, 5.74) is 0. The molecule has 0 aliphatic carbocycles. The summed E-state index contributed by atoms with van der Waals surface area (Å²) in [5, 5.41) is 3.25. The standard InChI is InChI=1S/C14H23NO2/c1-5-16-12-6-8-13(9-7-12)17-10-14(15-4)11(2)3/h6-9,11,14-15H,5,10H2,1-4H3. The minimum Gasteiger partial charge on any atom is -0.494 e. The maximum absolute atomic E-state index is 5.74. The van der Waals surface area contributed by atoms with E-state index in [1.165, 1.54) is 0 Å². The summed E-state index contributed by atoms with van der Waals surface area (Å²) in [5.74, 6) is 2.32. The third-order valence-corrected chi connectivity index (χ3v) is 2.74. The van der Waals surface area contributed by atoms with E-state index in [0.717, 1.165) is 11.5 Å². The molecule has 0 saturated heterocycles. The lowest BCUT2D eigenvalue weighted by Gasteiger charge is -2.20. The van der Waals surface area contributed by atoms with Crippen molar-refractivity contribution < 1.29 is 9.47 Å². The number of rotatable bonds is 7. The SMILES string of the molecule is CCOc1ccc(OCC(NC)C(C)C)cc1. The summed E-state index contributed by atoms with van der Waals surface area (Å²) in [6.45, 7) is 7.72. The van der Waals surface area contributed by atoms with Gasteiger partial charge in [-0.05, 0) is 44.2 Å². The average Bonchev–Trinajstić information content (AvgIpc) is 2.32. The molecule has 0 bridgehead atoms. The lowest BCUT2D eigenvalue weighted by atomic mass is 10.1. The molecule has 0 aromatic heterocycles. The van der Waals surface area contributed by atoms with E-state index in [0.29, 0.717) is 25.2 Å². The van der Waals surface area contributed by atoms with Gasteiger partial charge in [-0.2, -0.15) is 0 Å². The van der Waals surface area contributed by atoms with Gasteiger partial charge in [-0.1, -0.05) is 13.8 Å². The first-order chi connectivity index (χ1) is 8.17. The Kier molecular flexibility index (Phi) is 5.84. The summed E-state index contributed by atoms with van der Waals surface area (Å²) >= 11 is 0. The second kappa shape index (κ2) is 7.17. The summed E-state index contributed by atoms with van der Waals surface area (Å²) in [6.07, 6.45) is 0. The van der Waals surface area contributed by atoms with Crippen LogP contribution in [-0.2, 0) is 0 Å². The fraction of sp³-hybridized carbons (Fsp3) is 0.571. The molecule has 0 radical (unpaired) electrons. The molecule has 0 spiro atoms. The molecule has 1 rings (SSSR count). The van der Waals surface area contributed by atoms with E-state index in [-0.39, 0.29) is 0 Å². The van der Waals surface area contributed by atoms with E-state index >= 15 is 0 Å². The molecule has 1 aromatic carbocycles. The van der Waals surface area contributed by atoms with E-state index in [4.69, 9.17) is 9.47 Å². The van der Waals surface area contributed by atoms with Crippen molar-refractivity contribution in [2.45, 2.75) is 26.8 Å². The summed E-state index contributed by atoms with van der Waals surface area (Å²) in [4.78, 5) is 0. The molecule has 1 aromatic rings. The normalized spacial score (nSPS) is 12.5. The molecule has 1 atom stereocenters. The topological polar surface area (TPSA) is 30.5 Å². The van der Waals surface area contributed by atoms with E-state index in [2.05, 4.69) is 19.2 Å². The van der Waals surface area contributed by atoms with Gasteiger partial charge < -0.3 is 14.8 Å². The molecule has 0 fully saturated rings. The number of hydrogen-bond donors (Lipinski definition) is 1. The first-order valence-electron chi connectivity index (χ1n) is 6.20. The zero-order valence-electron chi connectivity index (χ0n) is 11.2. The van der Waals surface area contributed by atoms with Crippen LogP contribution < -0.4 is 14.8 Å². The van der Waals surface area contributed by atoms with Crippen molar-refractivity contribution in [3.8, 4) is 11.5 Å². The molecule has 0 heterocycles. The molecule has 0 aliphatic rings. The van der Waals surface area contributed by atoms with E-state index in [9.17, 15) is 0 Å². The van der Waals surface area contributed by atoms with Crippen LogP contribution in [0.5, 0.6) is 11.5 Å². The van der Waals surface area contributed by atoms with Gasteiger partial charge in [0.05, 0.1) is 6.61 Å². The molecule has 0 aliphatic heterocycles. The first kappa shape index (κ1) is 13.8. The molecule has 0 saturated carbocycles. The molecular weight excluding hydrogens is 214 g/mol. The van der Waals surface area contributed by atoms with Crippen LogP contribution >= 0.6 is 0 Å². The number of benzene rings is 1.